The van der Waals surface area contributed by atoms with Crippen molar-refractivity contribution < 1.29 is 22.3 Å². The maximum atomic E-state index is 12.1. The normalized spacial score (nSPS) is 13.1. The lowest BCUT2D eigenvalue weighted by Crippen LogP contribution is -2.17. The average molecular weight is 350 g/mol. The molecule has 1 aromatic carbocycles. The van der Waals surface area contributed by atoms with Crippen LogP contribution in [0.3, 0.4) is 0 Å². The van der Waals surface area contributed by atoms with E-state index in [1.54, 1.807) is 12.3 Å². The molecule has 0 spiro atoms. The molecular weight excluding hydrogens is 339 g/mol. The molecule has 1 aromatic heterocycles. The first kappa shape index (κ1) is 14.8. The second-order valence-corrected chi connectivity index (χ2v) is 4.93. The Balaban J connectivity index is 2.09. The van der Waals surface area contributed by atoms with Gasteiger partial charge in [-0.2, -0.15) is 0 Å². The highest BCUT2D eigenvalue weighted by Crippen LogP contribution is 2.33. The number of alkyl halides is 3. The number of furan rings is 1. The molecule has 20 heavy (non-hydrogen) atoms. The Morgan fingerprint density at radius 3 is 2.60 bits per heavy atom. The lowest BCUT2D eigenvalue weighted by molar-refractivity contribution is -0.274. The van der Waals surface area contributed by atoms with Crippen LogP contribution in [0.1, 0.15) is 18.7 Å². The second-order valence-electron chi connectivity index (χ2n) is 4.07. The van der Waals surface area contributed by atoms with Crippen LogP contribution in [-0.4, -0.2) is 6.36 Å². The van der Waals surface area contributed by atoms with Crippen LogP contribution in [0.15, 0.2) is 45.5 Å². The zero-order chi connectivity index (χ0) is 14.8. The van der Waals surface area contributed by atoms with Crippen LogP contribution < -0.4 is 10.1 Å². The van der Waals surface area contributed by atoms with Crippen LogP contribution >= 0.6 is 15.9 Å². The van der Waals surface area contributed by atoms with E-state index in [4.69, 9.17) is 4.42 Å². The standard InChI is InChI=1S/C13H11BrF3NO2/c1-8(11-3-2-6-19-11)18-9-4-5-12(10(14)7-9)20-13(15,16)17/h2-8,18H,1H3. The van der Waals surface area contributed by atoms with Crippen molar-refractivity contribution >= 4 is 21.6 Å². The molecule has 0 saturated carbocycles. The van der Waals surface area contributed by atoms with Crippen molar-refractivity contribution in [2.45, 2.75) is 19.3 Å². The van der Waals surface area contributed by atoms with Crippen molar-refractivity contribution in [1.29, 1.82) is 0 Å². The first-order valence-corrected chi connectivity index (χ1v) is 6.50. The molecule has 0 aliphatic rings. The third-order valence-corrected chi connectivity index (χ3v) is 3.13. The smallest absolute Gasteiger partial charge is 0.467 e. The van der Waals surface area contributed by atoms with Gasteiger partial charge in [0.05, 0.1) is 16.8 Å². The number of hydrogen-bond acceptors (Lipinski definition) is 3. The van der Waals surface area contributed by atoms with Gasteiger partial charge in [-0.15, -0.1) is 13.2 Å². The van der Waals surface area contributed by atoms with E-state index in [2.05, 4.69) is 26.0 Å². The molecule has 7 heteroatoms. The predicted molar refractivity (Wildman–Crippen MR) is 71.6 cm³/mol. The van der Waals surface area contributed by atoms with Crippen LogP contribution in [-0.2, 0) is 0 Å². The Hall–Kier alpha value is -1.63. The molecule has 0 fully saturated rings. The molecule has 0 aliphatic carbocycles. The molecule has 0 bridgehead atoms. The summed E-state index contributed by atoms with van der Waals surface area (Å²) in [6, 6.07) is 7.74. The van der Waals surface area contributed by atoms with Crippen molar-refractivity contribution in [3.05, 3.63) is 46.8 Å². The summed E-state index contributed by atoms with van der Waals surface area (Å²) in [5.41, 5.74) is 0.648. The molecule has 1 atom stereocenters. The topological polar surface area (TPSA) is 34.4 Å². The van der Waals surface area contributed by atoms with Crippen LogP contribution in [0.4, 0.5) is 18.9 Å². The fourth-order valence-electron chi connectivity index (χ4n) is 1.66. The van der Waals surface area contributed by atoms with Crippen molar-refractivity contribution in [1.82, 2.24) is 0 Å². The number of hydrogen-bond donors (Lipinski definition) is 1. The summed E-state index contributed by atoms with van der Waals surface area (Å²) >= 11 is 3.05. The summed E-state index contributed by atoms with van der Waals surface area (Å²) in [6.45, 7) is 1.88. The summed E-state index contributed by atoms with van der Waals surface area (Å²) in [6.07, 6.45) is -3.15. The summed E-state index contributed by atoms with van der Waals surface area (Å²) in [5, 5.41) is 3.11. The van der Waals surface area contributed by atoms with Crippen molar-refractivity contribution in [2.24, 2.45) is 0 Å². The third kappa shape index (κ3) is 3.93. The highest BCUT2D eigenvalue weighted by atomic mass is 79.9. The number of benzene rings is 1. The molecule has 2 aromatic rings. The van der Waals surface area contributed by atoms with E-state index < -0.39 is 6.36 Å². The molecule has 3 nitrogen and oxygen atoms in total. The van der Waals surface area contributed by atoms with E-state index in [-0.39, 0.29) is 16.3 Å². The monoisotopic (exact) mass is 349 g/mol. The van der Waals surface area contributed by atoms with Gasteiger partial charge >= 0.3 is 6.36 Å². The second kappa shape index (κ2) is 5.78. The molecular formula is C13H11BrF3NO2. The molecule has 1 N–H and O–H groups in total. The Morgan fingerprint density at radius 1 is 1.30 bits per heavy atom. The third-order valence-electron chi connectivity index (χ3n) is 2.51. The van der Waals surface area contributed by atoms with Crippen molar-refractivity contribution in [2.75, 3.05) is 5.32 Å². The lowest BCUT2D eigenvalue weighted by atomic mass is 10.2. The fraction of sp³-hybridized carbons (Fsp3) is 0.231. The van der Waals surface area contributed by atoms with Crippen LogP contribution in [0.2, 0.25) is 0 Å². The van der Waals surface area contributed by atoms with E-state index in [9.17, 15) is 13.2 Å². The Bertz CT molecular complexity index is 569. The van der Waals surface area contributed by atoms with E-state index in [0.29, 0.717) is 5.69 Å². The zero-order valence-electron chi connectivity index (χ0n) is 10.4. The largest absolute Gasteiger partial charge is 0.573 e. The first-order chi connectivity index (χ1) is 9.35. The van der Waals surface area contributed by atoms with E-state index in [0.717, 1.165) is 5.76 Å². The zero-order valence-corrected chi connectivity index (χ0v) is 12.0. The van der Waals surface area contributed by atoms with Crippen LogP contribution in [0.5, 0.6) is 5.75 Å². The van der Waals surface area contributed by atoms with Gasteiger partial charge in [-0.05, 0) is 53.2 Å². The molecule has 1 unspecified atom stereocenters. The summed E-state index contributed by atoms with van der Waals surface area (Å²) in [5.74, 6) is 0.449. The van der Waals surface area contributed by atoms with Gasteiger partial charge in [0.25, 0.3) is 0 Å². The molecule has 1 heterocycles. The number of nitrogens with one attached hydrogen (secondary N) is 1. The lowest BCUT2D eigenvalue weighted by Gasteiger charge is -2.15. The first-order valence-electron chi connectivity index (χ1n) is 5.70. The highest BCUT2D eigenvalue weighted by molar-refractivity contribution is 9.10. The van der Waals surface area contributed by atoms with Gasteiger partial charge < -0.3 is 14.5 Å². The molecule has 2 rings (SSSR count). The predicted octanol–water partition coefficient (Wildman–Crippen LogP) is 5.11. The molecule has 0 amide bonds. The minimum Gasteiger partial charge on any atom is -0.467 e. The minimum atomic E-state index is -4.71. The van der Waals surface area contributed by atoms with E-state index in [1.165, 1.54) is 18.2 Å². The Labute approximate surface area is 121 Å². The maximum absolute atomic E-state index is 12.1. The average Bonchev–Trinajstić information content (AvgIpc) is 2.85. The summed E-state index contributed by atoms with van der Waals surface area (Å²) in [7, 11) is 0. The van der Waals surface area contributed by atoms with Gasteiger partial charge in [-0.1, -0.05) is 0 Å². The van der Waals surface area contributed by atoms with Gasteiger partial charge in [0.15, 0.2) is 0 Å². The number of rotatable bonds is 4. The molecule has 108 valence electrons. The summed E-state index contributed by atoms with van der Waals surface area (Å²) in [4.78, 5) is 0. The molecule has 0 aliphatic heterocycles. The number of ether oxygens (including phenoxy) is 1. The Kier molecular flexibility index (Phi) is 4.27. The Morgan fingerprint density at radius 2 is 2.05 bits per heavy atom. The highest BCUT2D eigenvalue weighted by Gasteiger charge is 2.31. The quantitative estimate of drug-likeness (QED) is 0.832. The van der Waals surface area contributed by atoms with E-state index in [1.807, 2.05) is 13.0 Å². The van der Waals surface area contributed by atoms with E-state index >= 15 is 0 Å². The number of halogens is 4. The van der Waals surface area contributed by atoms with Crippen LogP contribution in [0.25, 0.3) is 0 Å². The molecule has 0 saturated heterocycles. The van der Waals surface area contributed by atoms with Gasteiger partial charge in [0.2, 0.25) is 0 Å². The SMILES string of the molecule is CC(Nc1ccc(OC(F)(F)F)c(Br)c1)c1ccco1. The number of anilines is 1. The van der Waals surface area contributed by atoms with Gasteiger partial charge in [0.1, 0.15) is 11.5 Å². The van der Waals surface area contributed by atoms with Gasteiger partial charge in [-0.3, -0.25) is 0 Å². The minimum absolute atomic E-state index is 0.105. The molecule has 0 radical (unpaired) electrons. The van der Waals surface area contributed by atoms with Crippen LogP contribution in [0, 0.1) is 0 Å². The summed E-state index contributed by atoms with van der Waals surface area (Å²) < 4.78 is 45.8. The van der Waals surface area contributed by atoms with Gasteiger partial charge in [-0.25, -0.2) is 0 Å². The van der Waals surface area contributed by atoms with Crippen molar-refractivity contribution in [3.63, 3.8) is 0 Å². The van der Waals surface area contributed by atoms with Crippen molar-refractivity contribution in [3.8, 4) is 5.75 Å². The van der Waals surface area contributed by atoms with Gasteiger partial charge in [0, 0.05) is 5.69 Å². The maximum Gasteiger partial charge on any atom is 0.573 e. The fourth-order valence-corrected chi connectivity index (χ4v) is 2.12.